The summed E-state index contributed by atoms with van der Waals surface area (Å²) in [6.07, 6.45) is 40.2. The number of rotatable bonds is 3. The summed E-state index contributed by atoms with van der Waals surface area (Å²) >= 11 is 0. The van der Waals surface area contributed by atoms with Crippen molar-refractivity contribution in [1.29, 1.82) is 0 Å². The predicted octanol–water partition coefficient (Wildman–Crippen LogP) is 11.3. The minimum Gasteiger partial charge on any atom is -0.257 e. The monoisotopic (exact) mass is 494 g/mol. The van der Waals surface area contributed by atoms with Gasteiger partial charge < -0.3 is 0 Å². The van der Waals surface area contributed by atoms with Crippen molar-refractivity contribution >= 4 is 0 Å². The molecule has 2 heteroatoms. The van der Waals surface area contributed by atoms with Crippen molar-refractivity contribution in [3.05, 3.63) is 23.3 Å². The molecular formula is C34H58N2. The smallest absolute Gasteiger partial charge is 0.0655 e. The average molecular weight is 495 g/mol. The fourth-order valence-corrected chi connectivity index (χ4v) is 7.51. The van der Waals surface area contributed by atoms with Crippen molar-refractivity contribution in [2.75, 3.05) is 0 Å². The highest BCUT2D eigenvalue weighted by molar-refractivity contribution is 5.24. The molecule has 36 heavy (non-hydrogen) atoms. The fourth-order valence-electron chi connectivity index (χ4n) is 7.51. The Balaban J connectivity index is 1.60. The summed E-state index contributed by atoms with van der Waals surface area (Å²) in [5.74, 6) is 1.95. The Morgan fingerprint density at radius 2 is 0.667 bits per heavy atom. The van der Waals surface area contributed by atoms with Crippen molar-refractivity contribution in [1.82, 2.24) is 9.97 Å². The zero-order valence-electron chi connectivity index (χ0n) is 23.8. The Kier molecular flexibility index (Phi) is 13.1. The molecule has 204 valence electrons. The van der Waals surface area contributed by atoms with E-state index in [0.29, 0.717) is 17.8 Å². The van der Waals surface area contributed by atoms with Crippen LogP contribution in [0.5, 0.6) is 0 Å². The lowest BCUT2D eigenvalue weighted by Crippen LogP contribution is -2.16. The zero-order chi connectivity index (χ0) is 24.7. The van der Waals surface area contributed by atoms with Gasteiger partial charge in [0, 0.05) is 24.0 Å². The van der Waals surface area contributed by atoms with Gasteiger partial charge in [0.2, 0.25) is 0 Å². The van der Waals surface area contributed by atoms with Gasteiger partial charge in [0.25, 0.3) is 0 Å². The van der Waals surface area contributed by atoms with Gasteiger partial charge in [-0.25, -0.2) is 0 Å². The van der Waals surface area contributed by atoms with Crippen LogP contribution in [0.4, 0.5) is 0 Å². The highest BCUT2D eigenvalue weighted by atomic mass is 14.8. The first-order chi connectivity index (χ1) is 17.9. The van der Waals surface area contributed by atoms with Crippen LogP contribution in [0.3, 0.4) is 0 Å². The van der Waals surface area contributed by atoms with E-state index in [-0.39, 0.29) is 0 Å². The van der Waals surface area contributed by atoms with E-state index in [1.165, 1.54) is 190 Å². The highest BCUT2D eigenvalue weighted by Gasteiger charge is 2.26. The first-order valence-corrected chi connectivity index (χ1v) is 16.8. The lowest BCUT2D eigenvalue weighted by Gasteiger charge is -2.27. The van der Waals surface area contributed by atoms with Gasteiger partial charge in [0.05, 0.1) is 17.1 Å². The van der Waals surface area contributed by atoms with E-state index in [1.807, 2.05) is 0 Å². The van der Waals surface area contributed by atoms with Crippen LogP contribution >= 0.6 is 0 Å². The molecule has 3 saturated carbocycles. The summed E-state index contributed by atoms with van der Waals surface area (Å²) in [6.45, 7) is 0. The second-order valence-electron chi connectivity index (χ2n) is 12.8. The Morgan fingerprint density at radius 1 is 0.361 bits per heavy atom. The molecular weight excluding hydrogens is 436 g/mol. The largest absolute Gasteiger partial charge is 0.257 e. The molecule has 3 aliphatic rings. The lowest BCUT2D eigenvalue weighted by molar-refractivity contribution is 0.424. The van der Waals surface area contributed by atoms with Gasteiger partial charge in [-0.1, -0.05) is 135 Å². The molecule has 0 unspecified atom stereocenters. The van der Waals surface area contributed by atoms with Crippen molar-refractivity contribution in [3.63, 3.8) is 0 Å². The van der Waals surface area contributed by atoms with Crippen molar-refractivity contribution in [3.8, 4) is 0 Å². The second kappa shape index (κ2) is 16.8. The summed E-state index contributed by atoms with van der Waals surface area (Å²) in [5, 5.41) is 0. The molecule has 0 amide bonds. The Labute approximate surface area is 224 Å². The topological polar surface area (TPSA) is 25.8 Å². The van der Waals surface area contributed by atoms with Gasteiger partial charge in [-0.3, -0.25) is 9.97 Å². The molecule has 1 aromatic rings. The highest BCUT2D eigenvalue weighted by Crippen LogP contribution is 2.38. The average Bonchev–Trinajstić information content (AvgIpc) is 2.93. The SMILES string of the molecule is c1nc(C2CCCCCCCCC2)c(C2CCCCCCCCC2)nc1C1CCCCCCCCC1. The molecule has 0 N–H and O–H groups in total. The van der Waals surface area contributed by atoms with E-state index in [9.17, 15) is 0 Å². The van der Waals surface area contributed by atoms with Crippen molar-refractivity contribution in [2.24, 2.45) is 0 Å². The maximum absolute atomic E-state index is 5.68. The van der Waals surface area contributed by atoms with Crippen LogP contribution in [0.1, 0.15) is 208 Å². The summed E-state index contributed by atoms with van der Waals surface area (Å²) in [6, 6.07) is 0. The first kappa shape index (κ1) is 28.1. The number of aromatic nitrogens is 2. The Hall–Kier alpha value is -0.920. The third-order valence-electron chi connectivity index (χ3n) is 9.86. The second-order valence-corrected chi connectivity index (χ2v) is 12.8. The minimum atomic E-state index is 0.645. The van der Waals surface area contributed by atoms with E-state index in [0.717, 1.165) is 0 Å². The number of nitrogens with zero attached hydrogens (tertiary/aromatic N) is 2. The number of hydrogen-bond acceptors (Lipinski definition) is 2. The van der Waals surface area contributed by atoms with Gasteiger partial charge >= 0.3 is 0 Å². The molecule has 3 fully saturated rings. The molecule has 0 aliphatic heterocycles. The molecule has 0 aromatic carbocycles. The normalized spacial score (nSPS) is 24.7. The standard InChI is InChI=1S/C34H58N2/c1-4-10-16-22-29(23-17-11-5-1)32-28-35-33(30-24-18-12-6-2-7-13-19-25-30)34(36-32)31-26-20-14-8-3-9-15-21-27-31/h28-31H,1-27H2. The van der Waals surface area contributed by atoms with Gasteiger partial charge in [0.1, 0.15) is 0 Å². The summed E-state index contributed by atoms with van der Waals surface area (Å²) in [7, 11) is 0. The van der Waals surface area contributed by atoms with Crippen LogP contribution in [0.2, 0.25) is 0 Å². The predicted molar refractivity (Wildman–Crippen MR) is 155 cm³/mol. The zero-order valence-corrected chi connectivity index (χ0v) is 23.8. The molecule has 0 atom stereocenters. The van der Waals surface area contributed by atoms with Crippen LogP contribution in [0.15, 0.2) is 6.20 Å². The lowest BCUT2D eigenvalue weighted by atomic mass is 9.82. The molecule has 0 spiro atoms. The van der Waals surface area contributed by atoms with Crippen molar-refractivity contribution < 1.29 is 0 Å². The maximum Gasteiger partial charge on any atom is 0.0655 e. The van der Waals surface area contributed by atoms with Crippen LogP contribution < -0.4 is 0 Å². The summed E-state index contributed by atoms with van der Waals surface area (Å²) < 4.78 is 0. The van der Waals surface area contributed by atoms with Crippen molar-refractivity contribution in [2.45, 2.75) is 191 Å². The molecule has 2 nitrogen and oxygen atoms in total. The molecule has 3 aliphatic carbocycles. The quantitative estimate of drug-likeness (QED) is 0.417. The van der Waals surface area contributed by atoms with Crippen LogP contribution in [-0.4, -0.2) is 9.97 Å². The van der Waals surface area contributed by atoms with Gasteiger partial charge in [0.15, 0.2) is 0 Å². The van der Waals surface area contributed by atoms with Gasteiger partial charge in [-0.2, -0.15) is 0 Å². The molecule has 1 heterocycles. The third kappa shape index (κ3) is 9.43. The maximum atomic E-state index is 5.68. The van der Waals surface area contributed by atoms with E-state index in [1.54, 1.807) is 0 Å². The Bertz CT molecular complexity index is 683. The van der Waals surface area contributed by atoms with Crippen LogP contribution in [-0.2, 0) is 0 Å². The molecule has 1 aromatic heterocycles. The third-order valence-corrected chi connectivity index (χ3v) is 9.86. The fraction of sp³-hybridized carbons (Fsp3) is 0.882. The van der Waals surface area contributed by atoms with E-state index in [2.05, 4.69) is 6.20 Å². The molecule has 0 saturated heterocycles. The Morgan fingerprint density at radius 3 is 1.06 bits per heavy atom. The minimum absolute atomic E-state index is 0.645. The number of hydrogen-bond donors (Lipinski definition) is 0. The van der Waals surface area contributed by atoms with Crippen LogP contribution in [0, 0.1) is 0 Å². The molecule has 4 rings (SSSR count). The first-order valence-electron chi connectivity index (χ1n) is 16.8. The van der Waals surface area contributed by atoms with Gasteiger partial charge in [-0.15, -0.1) is 0 Å². The van der Waals surface area contributed by atoms with E-state index in [4.69, 9.17) is 9.97 Å². The van der Waals surface area contributed by atoms with Crippen LogP contribution in [0.25, 0.3) is 0 Å². The van der Waals surface area contributed by atoms with E-state index < -0.39 is 0 Å². The molecule has 0 bridgehead atoms. The van der Waals surface area contributed by atoms with Gasteiger partial charge in [-0.05, 0) is 38.5 Å². The van der Waals surface area contributed by atoms with E-state index >= 15 is 0 Å². The molecule has 0 radical (unpaired) electrons. The summed E-state index contributed by atoms with van der Waals surface area (Å²) in [5.41, 5.74) is 4.29. The summed E-state index contributed by atoms with van der Waals surface area (Å²) in [4.78, 5) is 11.1.